The van der Waals surface area contributed by atoms with Gasteiger partial charge >= 0.3 is 5.97 Å². The normalized spacial score (nSPS) is 15.9. The van der Waals surface area contributed by atoms with Gasteiger partial charge in [-0.15, -0.1) is 0 Å². The number of ether oxygens (including phenoxy) is 1. The van der Waals surface area contributed by atoms with Crippen molar-refractivity contribution < 1.29 is 14.6 Å². The van der Waals surface area contributed by atoms with Crippen LogP contribution in [0.3, 0.4) is 0 Å². The van der Waals surface area contributed by atoms with Gasteiger partial charge in [0.25, 0.3) is 0 Å². The van der Waals surface area contributed by atoms with E-state index in [9.17, 15) is 9.90 Å². The molecule has 4 aromatic rings. The van der Waals surface area contributed by atoms with E-state index < -0.39 is 5.97 Å². The lowest BCUT2D eigenvalue weighted by Gasteiger charge is -2.37. The lowest BCUT2D eigenvalue weighted by atomic mass is 9.99. The molecule has 0 fully saturated rings. The molecule has 5 rings (SSSR count). The number of para-hydroxylation sites is 2. The van der Waals surface area contributed by atoms with Gasteiger partial charge in [-0.1, -0.05) is 60.7 Å². The van der Waals surface area contributed by atoms with Crippen molar-refractivity contribution in [3.05, 3.63) is 102 Å². The number of nitrogens with zero attached hydrogens (tertiary/aromatic N) is 1. The van der Waals surface area contributed by atoms with Crippen molar-refractivity contribution in [2.45, 2.75) is 32.4 Å². The van der Waals surface area contributed by atoms with Crippen LogP contribution < -0.4 is 15.0 Å². The summed E-state index contributed by atoms with van der Waals surface area (Å²) in [6.45, 7) is 5.68. The maximum absolute atomic E-state index is 11.6. The number of aryl methyl sites for hydroxylation is 1. The van der Waals surface area contributed by atoms with Crippen LogP contribution in [-0.2, 0) is 0 Å². The Morgan fingerprint density at radius 2 is 1.80 bits per heavy atom. The molecule has 2 N–H and O–H groups in total. The van der Waals surface area contributed by atoms with Crippen molar-refractivity contribution in [3.63, 3.8) is 0 Å². The molecule has 1 aliphatic heterocycles. The molecule has 1 aliphatic rings. The number of carboxylic acids is 1. The van der Waals surface area contributed by atoms with E-state index in [-0.39, 0.29) is 17.7 Å². The molecule has 0 bridgehead atoms. The van der Waals surface area contributed by atoms with Crippen molar-refractivity contribution in [2.75, 3.05) is 18.0 Å². The van der Waals surface area contributed by atoms with Crippen LogP contribution in [0, 0.1) is 6.92 Å². The molecule has 178 valence electrons. The minimum atomic E-state index is -0.920. The van der Waals surface area contributed by atoms with E-state index >= 15 is 0 Å². The van der Waals surface area contributed by atoms with E-state index in [4.69, 9.17) is 4.74 Å². The zero-order valence-electron chi connectivity index (χ0n) is 20.1. The predicted molar refractivity (Wildman–Crippen MR) is 141 cm³/mol. The number of hydrogen-bond donors (Lipinski definition) is 2. The van der Waals surface area contributed by atoms with E-state index in [1.165, 1.54) is 16.3 Å². The minimum Gasteiger partial charge on any atom is -0.486 e. The van der Waals surface area contributed by atoms with Gasteiger partial charge in [0.1, 0.15) is 11.9 Å². The van der Waals surface area contributed by atoms with Crippen LogP contribution in [-0.4, -0.2) is 30.3 Å². The molecule has 0 aliphatic carbocycles. The van der Waals surface area contributed by atoms with Gasteiger partial charge in [-0.25, -0.2) is 4.79 Å². The fourth-order valence-corrected chi connectivity index (χ4v) is 4.91. The molecule has 1 heterocycles. The Labute approximate surface area is 206 Å². The lowest BCUT2D eigenvalue weighted by Crippen LogP contribution is -2.39. The summed E-state index contributed by atoms with van der Waals surface area (Å²) in [4.78, 5) is 13.8. The summed E-state index contributed by atoms with van der Waals surface area (Å²) in [7, 11) is 0. The van der Waals surface area contributed by atoms with Gasteiger partial charge in [0.05, 0.1) is 17.8 Å². The third-order valence-corrected chi connectivity index (χ3v) is 6.79. The van der Waals surface area contributed by atoms with Crippen molar-refractivity contribution in [1.82, 2.24) is 5.32 Å². The third kappa shape index (κ3) is 4.73. The quantitative estimate of drug-likeness (QED) is 0.326. The first-order valence-corrected chi connectivity index (χ1v) is 12.1. The Kier molecular flexibility index (Phi) is 6.43. The Morgan fingerprint density at radius 1 is 1.03 bits per heavy atom. The van der Waals surface area contributed by atoms with Gasteiger partial charge in [0.2, 0.25) is 0 Å². The highest BCUT2D eigenvalue weighted by molar-refractivity contribution is 5.90. The van der Waals surface area contributed by atoms with Crippen molar-refractivity contribution in [1.29, 1.82) is 0 Å². The molecule has 0 spiro atoms. The first-order chi connectivity index (χ1) is 17.0. The average molecular weight is 467 g/mol. The van der Waals surface area contributed by atoms with Gasteiger partial charge in [0, 0.05) is 11.7 Å². The fraction of sp³-hybridized carbons (Fsp3) is 0.233. The summed E-state index contributed by atoms with van der Waals surface area (Å²) in [5.41, 5.74) is 4.49. The smallest absolute Gasteiger partial charge is 0.335 e. The van der Waals surface area contributed by atoms with Crippen LogP contribution in [0.2, 0.25) is 0 Å². The summed E-state index contributed by atoms with van der Waals surface area (Å²) in [5, 5.41) is 15.7. The molecule has 0 amide bonds. The van der Waals surface area contributed by atoms with Crippen molar-refractivity contribution in [2.24, 2.45) is 0 Å². The van der Waals surface area contributed by atoms with Crippen molar-refractivity contribution >= 4 is 28.1 Å². The molecule has 4 aromatic carbocycles. The van der Waals surface area contributed by atoms with E-state index in [1.54, 1.807) is 12.1 Å². The van der Waals surface area contributed by atoms with Gasteiger partial charge in [-0.2, -0.15) is 0 Å². The zero-order valence-corrected chi connectivity index (χ0v) is 20.1. The van der Waals surface area contributed by atoms with Gasteiger partial charge < -0.3 is 20.1 Å². The SMILES string of the molecule is Cc1ccc(C(=O)O)cc1N1CC(CCN[C@H](C)c2cccc3ccccc23)Oc2ccccc21. The Balaban J connectivity index is 1.33. The highest BCUT2D eigenvalue weighted by Crippen LogP contribution is 2.40. The monoisotopic (exact) mass is 466 g/mol. The number of carboxylic acid groups (broad SMARTS) is 1. The molecule has 5 nitrogen and oxygen atoms in total. The lowest BCUT2D eigenvalue weighted by molar-refractivity contribution is 0.0697. The van der Waals surface area contributed by atoms with Gasteiger partial charge in [0.15, 0.2) is 0 Å². The maximum Gasteiger partial charge on any atom is 0.335 e. The number of rotatable bonds is 7. The summed E-state index contributed by atoms with van der Waals surface area (Å²) in [5.74, 6) is -0.0954. The number of benzene rings is 4. The largest absolute Gasteiger partial charge is 0.486 e. The summed E-state index contributed by atoms with van der Waals surface area (Å²) in [6, 6.07) is 28.4. The highest BCUT2D eigenvalue weighted by atomic mass is 16.5. The molecule has 0 saturated heterocycles. The van der Waals surface area contributed by atoms with E-state index in [0.717, 1.165) is 35.7 Å². The molecule has 1 unspecified atom stereocenters. The number of aromatic carboxylic acids is 1. The van der Waals surface area contributed by atoms with Crippen LogP contribution in [0.15, 0.2) is 84.9 Å². The van der Waals surface area contributed by atoms with Crippen LogP contribution in [0.25, 0.3) is 10.8 Å². The van der Waals surface area contributed by atoms with Crippen LogP contribution >= 0.6 is 0 Å². The molecule has 0 saturated carbocycles. The zero-order chi connectivity index (χ0) is 24.4. The Hall–Kier alpha value is -3.83. The number of hydrogen-bond acceptors (Lipinski definition) is 4. The second-order valence-electron chi connectivity index (χ2n) is 9.16. The van der Waals surface area contributed by atoms with Gasteiger partial charge in [-0.05, 0) is 73.0 Å². The first kappa shape index (κ1) is 22.9. The maximum atomic E-state index is 11.6. The van der Waals surface area contributed by atoms with E-state index in [0.29, 0.717) is 6.54 Å². The van der Waals surface area contributed by atoms with E-state index in [2.05, 4.69) is 59.6 Å². The third-order valence-electron chi connectivity index (χ3n) is 6.79. The van der Waals surface area contributed by atoms with Crippen molar-refractivity contribution in [3.8, 4) is 5.75 Å². The fourth-order valence-electron chi connectivity index (χ4n) is 4.91. The topological polar surface area (TPSA) is 61.8 Å². The van der Waals surface area contributed by atoms with Crippen LogP contribution in [0.5, 0.6) is 5.75 Å². The summed E-state index contributed by atoms with van der Waals surface area (Å²) >= 11 is 0. The minimum absolute atomic E-state index is 0.0231. The molecule has 2 atom stereocenters. The molecule has 35 heavy (non-hydrogen) atoms. The predicted octanol–water partition coefficient (Wildman–Crippen LogP) is 6.49. The second kappa shape index (κ2) is 9.80. The summed E-state index contributed by atoms with van der Waals surface area (Å²) < 4.78 is 6.36. The Bertz CT molecular complexity index is 1360. The van der Waals surface area contributed by atoms with E-state index in [1.807, 2.05) is 37.3 Å². The van der Waals surface area contributed by atoms with Crippen LogP contribution in [0.1, 0.15) is 40.9 Å². The van der Waals surface area contributed by atoms with Crippen LogP contribution in [0.4, 0.5) is 11.4 Å². The highest BCUT2D eigenvalue weighted by Gasteiger charge is 2.28. The number of carbonyl (C=O) groups is 1. The number of anilines is 2. The molecule has 0 aromatic heterocycles. The molecule has 5 heteroatoms. The molecule has 0 radical (unpaired) electrons. The molecular weight excluding hydrogens is 436 g/mol. The standard InChI is InChI=1S/C30H30N2O3/c1-20-14-15-23(30(33)34)18-28(20)32-19-24(35-29-13-6-5-12-27(29)32)16-17-31-21(2)25-11-7-9-22-8-3-4-10-26(22)25/h3-15,18,21,24,31H,16-17,19H2,1-2H3,(H,33,34)/t21-,24?/m1/s1. The molecular formula is C30H30N2O3. The Morgan fingerprint density at radius 3 is 2.66 bits per heavy atom. The second-order valence-corrected chi connectivity index (χ2v) is 9.16. The average Bonchev–Trinajstić information content (AvgIpc) is 2.88. The van der Waals surface area contributed by atoms with Gasteiger partial charge in [-0.3, -0.25) is 0 Å². The number of fused-ring (bicyclic) bond motifs is 2. The first-order valence-electron chi connectivity index (χ1n) is 12.1. The summed E-state index contributed by atoms with van der Waals surface area (Å²) in [6.07, 6.45) is 0.808. The number of nitrogens with one attached hydrogen (secondary N) is 1.